The normalized spacial score (nSPS) is 10.3. The van der Waals surface area contributed by atoms with Crippen LogP contribution in [0.1, 0.15) is 18.1 Å². The van der Waals surface area contributed by atoms with E-state index in [-0.39, 0.29) is 10.8 Å². The van der Waals surface area contributed by atoms with Gasteiger partial charge in [-0.1, -0.05) is 36.5 Å². The largest absolute Gasteiger partial charge is 0.389 e. The molecule has 0 amide bonds. The summed E-state index contributed by atoms with van der Waals surface area (Å²) in [6, 6.07) is 15.0. The lowest BCUT2D eigenvalue weighted by atomic mass is 10.1. The van der Waals surface area contributed by atoms with E-state index < -0.39 is 0 Å². The maximum atomic E-state index is 13.6. The fourth-order valence-corrected chi connectivity index (χ4v) is 2.26. The highest BCUT2D eigenvalue weighted by Gasteiger charge is 2.09. The molecule has 20 heavy (non-hydrogen) atoms. The molecule has 4 heteroatoms. The van der Waals surface area contributed by atoms with Gasteiger partial charge in [0.15, 0.2) is 0 Å². The highest BCUT2D eigenvalue weighted by molar-refractivity contribution is 7.80. The maximum absolute atomic E-state index is 13.6. The number of halogens is 1. The van der Waals surface area contributed by atoms with Crippen LogP contribution in [0.5, 0.6) is 0 Å². The van der Waals surface area contributed by atoms with Gasteiger partial charge in [-0.3, -0.25) is 0 Å². The van der Waals surface area contributed by atoms with Gasteiger partial charge in [-0.15, -0.1) is 0 Å². The molecule has 0 aliphatic rings. The third kappa shape index (κ3) is 3.33. The molecule has 0 atom stereocenters. The van der Waals surface area contributed by atoms with E-state index in [2.05, 4.69) is 24.0 Å². The van der Waals surface area contributed by atoms with Crippen LogP contribution in [0.15, 0.2) is 48.5 Å². The Morgan fingerprint density at radius 2 is 1.90 bits per heavy atom. The number of benzene rings is 2. The van der Waals surface area contributed by atoms with Crippen molar-refractivity contribution in [2.24, 2.45) is 5.73 Å². The zero-order valence-electron chi connectivity index (χ0n) is 11.3. The number of rotatable bonds is 5. The van der Waals surface area contributed by atoms with Gasteiger partial charge in [-0.05, 0) is 36.8 Å². The third-order valence-corrected chi connectivity index (χ3v) is 3.39. The number of hydrogen-bond donors (Lipinski definition) is 1. The van der Waals surface area contributed by atoms with Crippen LogP contribution in [-0.4, -0.2) is 11.5 Å². The van der Waals surface area contributed by atoms with E-state index in [0.717, 1.165) is 17.8 Å². The average Bonchev–Trinajstić information content (AvgIpc) is 2.47. The van der Waals surface area contributed by atoms with Gasteiger partial charge in [0.2, 0.25) is 0 Å². The lowest BCUT2D eigenvalue weighted by molar-refractivity contribution is 0.624. The fourth-order valence-electron chi connectivity index (χ4n) is 2.10. The molecule has 2 N–H and O–H groups in total. The van der Waals surface area contributed by atoms with Crippen molar-refractivity contribution < 1.29 is 4.39 Å². The molecule has 104 valence electrons. The Balaban J connectivity index is 2.24. The number of nitrogens with zero attached hydrogens (tertiary/aromatic N) is 1. The molecule has 2 aromatic carbocycles. The van der Waals surface area contributed by atoms with Crippen LogP contribution in [0.4, 0.5) is 10.1 Å². The van der Waals surface area contributed by atoms with Gasteiger partial charge < -0.3 is 10.6 Å². The van der Waals surface area contributed by atoms with Gasteiger partial charge in [0.05, 0.1) is 0 Å². The van der Waals surface area contributed by atoms with Crippen LogP contribution < -0.4 is 10.6 Å². The summed E-state index contributed by atoms with van der Waals surface area (Å²) in [4.78, 5) is 2.29. The summed E-state index contributed by atoms with van der Waals surface area (Å²) < 4.78 is 13.6. The number of thiocarbonyl (C=S) groups is 1. The minimum absolute atomic E-state index is 0.0899. The summed E-state index contributed by atoms with van der Waals surface area (Å²) in [6.45, 7) is 3.64. The van der Waals surface area contributed by atoms with Crippen LogP contribution in [0.25, 0.3) is 0 Å². The lowest BCUT2D eigenvalue weighted by Gasteiger charge is -2.23. The summed E-state index contributed by atoms with van der Waals surface area (Å²) in [7, 11) is 0. The molecule has 0 unspecified atom stereocenters. The Kier molecular flexibility index (Phi) is 4.69. The molecular weight excluding hydrogens is 271 g/mol. The van der Waals surface area contributed by atoms with E-state index in [1.807, 2.05) is 18.2 Å². The molecule has 0 aliphatic heterocycles. The van der Waals surface area contributed by atoms with Crippen LogP contribution in [0, 0.1) is 5.82 Å². The first-order chi connectivity index (χ1) is 9.61. The quantitative estimate of drug-likeness (QED) is 0.854. The molecular formula is C16H17FN2S. The number of hydrogen-bond acceptors (Lipinski definition) is 2. The van der Waals surface area contributed by atoms with Gasteiger partial charge in [0.25, 0.3) is 0 Å². The second-order valence-electron chi connectivity index (χ2n) is 4.53. The zero-order chi connectivity index (χ0) is 14.5. The SMILES string of the molecule is CCN(Cc1ccc(F)c(C(N)=S)c1)c1ccccc1. The molecule has 0 fully saturated rings. The molecule has 0 saturated heterocycles. The fraction of sp³-hybridized carbons (Fsp3) is 0.188. The molecule has 2 aromatic rings. The van der Waals surface area contributed by atoms with Crippen molar-refractivity contribution in [3.63, 3.8) is 0 Å². The van der Waals surface area contributed by atoms with Crippen LogP contribution in [0.3, 0.4) is 0 Å². The maximum Gasteiger partial charge on any atom is 0.133 e. The molecule has 0 radical (unpaired) electrons. The summed E-state index contributed by atoms with van der Waals surface area (Å²) in [5.74, 6) is -0.371. The molecule has 2 rings (SSSR count). The van der Waals surface area contributed by atoms with Gasteiger partial charge in [0.1, 0.15) is 10.8 Å². The van der Waals surface area contributed by atoms with E-state index in [0.29, 0.717) is 12.1 Å². The predicted octanol–water partition coefficient (Wildman–Crippen LogP) is 3.49. The minimum atomic E-state index is -0.371. The van der Waals surface area contributed by atoms with Gasteiger partial charge in [-0.2, -0.15) is 0 Å². The zero-order valence-corrected chi connectivity index (χ0v) is 12.2. The molecule has 0 spiro atoms. The number of anilines is 1. The summed E-state index contributed by atoms with van der Waals surface area (Å²) >= 11 is 4.87. The van der Waals surface area contributed by atoms with E-state index in [1.165, 1.54) is 6.07 Å². The van der Waals surface area contributed by atoms with Crippen LogP contribution >= 0.6 is 12.2 Å². The highest BCUT2D eigenvalue weighted by atomic mass is 32.1. The summed E-state index contributed by atoms with van der Waals surface area (Å²) in [6.07, 6.45) is 0. The average molecular weight is 288 g/mol. The Morgan fingerprint density at radius 1 is 1.20 bits per heavy atom. The minimum Gasteiger partial charge on any atom is -0.389 e. The Morgan fingerprint density at radius 3 is 2.50 bits per heavy atom. The van der Waals surface area contributed by atoms with Gasteiger partial charge in [0, 0.05) is 24.3 Å². The van der Waals surface area contributed by atoms with Crippen molar-refractivity contribution in [1.29, 1.82) is 0 Å². The third-order valence-electron chi connectivity index (χ3n) is 3.17. The van der Waals surface area contributed by atoms with Crippen molar-refractivity contribution in [2.45, 2.75) is 13.5 Å². The topological polar surface area (TPSA) is 29.3 Å². The van der Waals surface area contributed by atoms with Crippen molar-refractivity contribution in [2.75, 3.05) is 11.4 Å². The van der Waals surface area contributed by atoms with E-state index in [4.69, 9.17) is 18.0 Å². The van der Waals surface area contributed by atoms with Crippen LogP contribution in [-0.2, 0) is 6.54 Å². The van der Waals surface area contributed by atoms with E-state index in [1.54, 1.807) is 12.1 Å². The number of para-hydroxylation sites is 1. The molecule has 0 heterocycles. The molecule has 0 aromatic heterocycles. The second-order valence-corrected chi connectivity index (χ2v) is 4.97. The van der Waals surface area contributed by atoms with E-state index in [9.17, 15) is 4.39 Å². The first-order valence-electron chi connectivity index (χ1n) is 6.50. The smallest absolute Gasteiger partial charge is 0.133 e. The first kappa shape index (κ1) is 14.5. The van der Waals surface area contributed by atoms with Crippen molar-refractivity contribution in [1.82, 2.24) is 0 Å². The Bertz CT molecular complexity index is 599. The first-order valence-corrected chi connectivity index (χ1v) is 6.91. The van der Waals surface area contributed by atoms with Crippen molar-refractivity contribution in [3.8, 4) is 0 Å². The van der Waals surface area contributed by atoms with Crippen molar-refractivity contribution in [3.05, 3.63) is 65.5 Å². The Labute approximate surface area is 124 Å². The van der Waals surface area contributed by atoms with Gasteiger partial charge >= 0.3 is 0 Å². The van der Waals surface area contributed by atoms with Gasteiger partial charge in [-0.25, -0.2) is 4.39 Å². The monoisotopic (exact) mass is 288 g/mol. The lowest BCUT2D eigenvalue weighted by Crippen LogP contribution is -2.22. The highest BCUT2D eigenvalue weighted by Crippen LogP contribution is 2.18. The standard InChI is InChI=1S/C16H17FN2S/c1-2-19(13-6-4-3-5-7-13)11-12-8-9-15(17)14(10-12)16(18)20/h3-10H,2,11H2,1H3,(H2,18,20). The summed E-state index contributed by atoms with van der Waals surface area (Å²) in [5.41, 5.74) is 7.96. The van der Waals surface area contributed by atoms with E-state index >= 15 is 0 Å². The summed E-state index contributed by atoms with van der Waals surface area (Å²) in [5, 5.41) is 0. The van der Waals surface area contributed by atoms with Crippen molar-refractivity contribution >= 4 is 22.9 Å². The predicted molar refractivity (Wildman–Crippen MR) is 85.5 cm³/mol. The molecule has 0 bridgehead atoms. The Hall–Kier alpha value is -1.94. The molecule has 0 aliphatic carbocycles. The number of nitrogens with two attached hydrogens (primary N) is 1. The molecule has 2 nitrogen and oxygen atoms in total. The van der Waals surface area contributed by atoms with Crippen LogP contribution in [0.2, 0.25) is 0 Å². The second kappa shape index (κ2) is 6.48. The molecule has 0 saturated carbocycles.